The van der Waals surface area contributed by atoms with Gasteiger partial charge in [0.25, 0.3) is 0 Å². The smallest absolute Gasteiger partial charge is 0.126 e. The van der Waals surface area contributed by atoms with E-state index in [9.17, 15) is 4.39 Å². The maximum absolute atomic E-state index is 13.2. The van der Waals surface area contributed by atoms with E-state index in [-0.39, 0.29) is 11.9 Å². The second-order valence-corrected chi connectivity index (χ2v) is 4.39. The number of hydrogen-bond donors (Lipinski definition) is 1. The Morgan fingerprint density at radius 3 is 2.53 bits per heavy atom. The summed E-state index contributed by atoms with van der Waals surface area (Å²) in [5.74, 6) is 0.404. The van der Waals surface area contributed by atoms with Gasteiger partial charge in [0.1, 0.15) is 5.82 Å². The molecular weight excluding hydrogens is 189 g/mol. The fraction of sp³-hybridized carbons (Fsp3) is 0.538. The van der Waals surface area contributed by atoms with Crippen LogP contribution in [-0.2, 0) is 6.42 Å². The molecule has 84 valence electrons. The Kier molecular flexibility index (Phi) is 4.76. The minimum Gasteiger partial charge on any atom is -0.327 e. The van der Waals surface area contributed by atoms with Gasteiger partial charge < -0.3 is 5.73 Å². The standard InChI is InChI=1S/C13H20FN/c1-10(2)13(15)9-5-7-11-6-3-4-8-12(11)14/h3-4,6,8,10,13H,5,7,9,15H2,1-2H3. The van der Waals surface area contributed by atoms with Gasteiger partial charge >= 0.3 is 0 Å². The molecule has 2 heteroatoms. The minimum atomic E-state index is -0.101. The molecule has 0 spiro atoms. The normalized spacial score (nSPS) is 13.1. The zero-order chi connectivity index (χ0) is 11.3. The third kappa shape index (κ3) is 4.00. The van der Waals surface area contributed by atoms with Crippen molar-refractivity contribution < 1.29 is 4.39 Å². The van der Waals surface area contributed by atoms with Gasteiger partial charge in [-0.25, -0.2) is 4.39 Å². The summed E-state index contributed by atoms with van der Waals surface area (Å²) in [6.45, 7) is 4.24. The molecule has 0 aliphatic rings. The lowest BCUT2D eigenvalue weighted by Crippen LogP contribution is -2.26. The highest BCUT2D eigenvalue weighted by Gasteiger charge is 2.07. The zero-order valence-electron chi connectivity index (χ0n) is 9.54. The molecule has 0 heterocycles. The van der Waals surface area contributed by atoms with Crippen LogP contribution in [0.25, 0.3) is 0 Å². The Balaban J connectivity index is 2.35. The van der Waals surface area contributed by atoms with E-state index in [4.69, 9.17) is 5.73 Å². The summed E-state index contributed by atoms with van der Waals surface area (Å²) in [5, 5.41) is 0. The topological polar surface area (TPSA) is 26.0 Å². The summed E-state index contributed by atoms with van der Waals surface area (Å²) in [6.07, 6.45) is 2.71. The van der Waals surface area contributed by atoms with Crippen LogP contribution in [-0.4, -0.2) is 6.04 Å². The first-order chi connectivity index (χ1) is 7.11. The van der Waals surface area contributed by atoms with Crippen LogP contribution in [0.1, 0.15) is 32.3 Å². The van der Waals surface area contributed by atoms with Gasteiger partial charge in [-0.1, -0.05) is 32.0 Å². The van der Waals surface area contributed by atoms with Crippen LogP contribution in [0.2, 0.25) is 0 Å². The van der Waals surface area contributed by atoms with E-state index in [0.717, 1.165) is 24.8 Å². The van der Waals surface area contributed by atoms with Gasteiger partial charge in [0.05, 0.1) is 0 Å². The number of aryl methyl sites for hydroxylation is 1. The molecular formula is C13H20FN. The molecule has 0 radical (unpaired) electrons. The Morgan fingerprint density at radius 1 is 1.27 bits per heavy atom. The predicted octanol–water partition coefficient (Wildman–Crippen LogP) is 3.13. The molecule has 1 aromatic rings. The highest BCUT2D eigenvalue weighted by molar-refractivity contribution is 5.17. The summed E-state index contributed by atoms with van der Waals surface area (Å²) in [6, 6.07) is 7.18. The highest BCUT2D eigenvalue weighted by Crippen LogP contribution is 2.12. The Labute approximate surface area is 91.5 Å². The Hall–Kier alpha value is -0.890. The molecule has 1 aromatic carbocycles. The van der Waals surface area contributed by atoms with Crippen molar-refractivity contribution in [1.82, 2.24) is 0 Å². The third-order valence-corrected chi connectivity index (χ3v) is 2.80. The first-order valence-electron chi connectivity index (χ1n) is 5.60. The van der Waals surface area contributed by atoms with Crippen molar-refractivity contribution in [1.29, 1.82) is 0 Å². The molecule has 0 aliphatic heterocycles. The number of benzene rings is 1. The molecule has 0 aromatic heterocycles. The fourth-order valence-electron chi connectivity index (χ4n) is 1.56. The lowest BCUT2D eigenvalue weighted by atomic mass is 9.98. The Morgan fingerprint density at radius 2 is 1.93 bits per heavy atom. The van der Waals surface area contributed by atoms with E-state index < -0.39 is 0 Å². The molecule has 0 saturated carbocycles. The van der Waals surface area contributed by atoms with E-state index >= 15 is 0 Å². The summed E-state index contributed by atoms with van der Waals surface area (Å²) < 4.78 is 13.2. The minimum absolute atomic E-state index is 0.101. The average molecular weight is 209 g/mol. The maximum atomic E-state index is 13.2. The molecule has 2 N–H and O–H groups in total. The van der Waals surface area contributed by atoms with E-state index in [1.165, 1.54) is 6.07 Å². The number of halogens is 1. The van der Waals surface area contributed by atoms with Crippen LogP contribution in [0.4, 0.5) is 4.39 Å². The molecule has 15 heavy (non-hydrogen) atoms. The van der Waals surface area contributed by atoms with E-state index in [2.05, 4.69) is 13.8 Å². The van der Waals surface area contributed by atoms with Crippen LogP contribution in [0.5, 0.6) is 0 Å². The van der Waals surface area contributed by atoms with Crippen molar-refractivity contribution in [3.05, 3.63) is 35.6 Å². The van der Waals surface area contributed by atoms with Crippen molar-refractivity contribution >= 4 is 0 Å². The number of nitrogens with two attached hydrogens (primary N) is 1. The molecule has 1 unspecified atom stereocenters. The van der Waals surface area contributed by atoms with E-state index in [0.29, 0.717) is 5.92 Å². The van der Waals surface area contributed by atoms with Gasteiger partial charge in [0.15, 0.2) is 0 Å². The van der Waals surface area contributed by atoms with Crippen LogP contribution in [0.15, 0.2) is 24.3 Å². The lowest BCUT2D eigenvalue weighted by Gasteiger charge is -2.15. The van der Waals surface area contributed by atoms with Gasteiger partial charge in [-0.3, -0.25) is 0 Å². The quantitative estimate of drug-likeness (QED) is 0.792. The number of rotatable bonds is 5. The molecule has 1 rings (SSSR count). The molecule has 1 nitrogen and oxygen atoms in total. The van der Waals surface area contributed by atoms with Crippen LogP contribution in [0.3, 0.4) is 0 Å². The van der Waals surface area contributed by atoms with Crippen LogP contribution >= 0.6 is 0 Å². The van der Waals surface area contributed by atoms with Gasteiger partial charge in [-0.15, -0.1) is 0 Å². The van der Waals surface area contributed by atoms with Crippen molar-refractivity contribution in [2.24, 2.45) is 11.7 Å². The van der Waals surface area contributed by atoms with E-state index in [1.807, 2.05) is 12.1 Å². The zero-order valence-corrected chi connectivity index (χ0v) is 9.54. The predicted molar refractivity (Wildman–Crippen MR) is 62.2 cm³/mol. The summed E-state index contributed by atoms with van der Waals surface area (Å²) in [4.78, 5) is 0. The summed E-state index contributed by atoms with van der Waals surface area (Å²) >= 11 is 0. The third-order valence-electron chi connectivity index (χ3n) is 2.80. The fourth-order valence-corrected chi connectivity index (χ4v) is 1.56. The van der Waals surface area contributed by atoms with Crippen molar-refractivity contribution in [3.8, 4) is 0 Å². The SMILES string of the molecule is CC(C)C(N)CCCc1ccccc1F. The average Bonchev–Trinajstić information content (AvgIpc) is 2.20. The molecule has 0 aliphatic carbocycles. The first kappa shape index (κ1) is 12.2. The van der Waals surface area contributed by atoms with Gasteiger partial charge in [0.2, 0.25) is 0 Å². The van der Waals surface area contributed by atoms with Crippen molar-refractivity contribution in [3.63, 3.8) is 0 Å². The molecule has 1 atom stereocenters. The highest BCUT2D eigenvalue weighted by atomic mass is 19.1. The molecule has 0 bridgehead atoms. The maximum Gasteiger partial charge on any atom is 0.126 e. The summed E-state index contributed by atoms with van der Waals surface area (Å²) in [7, 11) is 0. The molecule has 0 amide bonds. The van der Waals surface area contributed by atoms with Crippen LogP contribution in [0, 0.1) is 11.7 Å². The van der Waals surface area contributed by atoms with Gasteiger partial charge in [0, 0.05) is 6.04 Å². The monoisotopic (exact) mass is 209 g/mol. The van der Waals surface area contributed by atoms with Crippen LogP contribution < -0.4 is 5.73 Å². The van der Waals surface area contributed by atoms with Crippen molar-refractivity contribution in [2.75, 3.05) is 0 Å². The number of hydrogen-bond acceptors (Lipinski definition) is 1. The van der Waals surface area contributed by atoms with Gasteiger partial charge in [-0.2, -0.15) is 0 Å². The second kappa shape index (κ2) is 5.86. The molecule has 0 fully saturated rings. The first-order valence-corrected chi connectivity index (χ1v) is 5.60. The Bertz CT molecular complexity index is 296. The second-order valence-electron chi connectivity index (χ2n) is 4.39. The van der Waals surface area contributed by atoms with Gasteiger partial charge in [-0.05, 0) is 36.8 Å². The largest absolute Gasteiger partial charge is 0.327 e. The van der Waals surface area contributed by atoms with Crippen molar-refractivity contribution in [2.45, 2.75) is 39.2 Å². The van der Waals surface area contributed by atoms with E-state index in [1.54, 1.807) is 6.07 Å². The molecule has 0 saturated heterocycles. The lowest BCUT2D eigenvalue weighted by molar-refractivity contribution is 0.450. The summed E-state index contributed by atoms with van der Waals surface area (Å²) in [5.41, 5.74) is 6.72.